The molecule has 0 radical (unpaired) electrons. The number of nitrogens with one attached hydrogen (secondary N) is 1. The van der Waals surface area contributed by atoms with E-state index in [0.29, 0.717) is 6.61 Å². The van der Waals surface area contributed by atoms with Crippen molar-refractivity contribution >= 4 is 5.69 Å². The van der Waals surface area contributed by atoms with E-state index in [9.17, 15) is 14.7 Å². The van der Waals surface area contributed by atoms with Crippen LogP contribution >= 0.6 is 0 Å². The summed E-state index contributed by atoms with van der Waals surface area (Å²) in [5.74, 6) is 0.179. The van der Waals surface area contributed by atoms with Gasteiger partial charge < -0.3 is 15.2 Å². The molecule has 5 heteroatoms. The predicted octanol–water partition coefficient (Wildman–Crippen LogP) is 0.110. The van der Waals surface area contributed by atoms with E-state index in [1.807, 2.05) is 13.8 Å². The smallest absolute Gasteiger partial charge is 0.272 e. The molecule has 0 aliphatic heterocycles. The third-order valence-corrected chi connectivity index (χ3v) is 2.41. The fraction of sp³-hybridized carbons (Fsp3) is 0.636. The Labute approximate surface area is 93.7 Å². The Hall–Kier alpha value is -1.36. The number of hydrogen-bond donors (Lipinski definition) is 2. The molecule has 1 aromatic carbocycles. The highest BCUT2D eigenvalue weighted by Crippen LogP contribution is 2.17. The summed E-state index contributed by atoms with van der Waals surface area (Å²) in [6, 6.07) is 0. The van der Waals surface area contributed by atoms with Crippen LogP contribution in [0.25, 0.3) is 0 Å². The molecule has 16 heavy (non-hydrogen) atoms. The van der Waals surface area contributed by atoms with Gasteiger partial charge >= 0.3 is 0 Å². The lowest BCUT2D eigenvalue weighted by molar-refractivity contribution is 0.138. The molecule has 0 aromatic heterocycles. The first-order valence-corrected chi connectivity index (χ1v) is 5.37. The van der Waals surface area contributed by atoms with Crippen molar-refractivity contribution in [3.8, 4) is 5.75 Å². The molecule has 1 unspecified atom stereocenters. The Morgan fingerprint density at radius 2 is 1.94 bits per heavy atom. The number of aliphatic hydroxyl groups is 1. The van der Waals surface area contributed by atoms with Crippen molar-refractivity contribution in [3.05, 3.63) is 20.4 Å². The quantitative estimate of drug-likeness (QED) is 0.675. The van der Waals surface area contributed by atoms with Gasteiger partial charge in [0.25, 0.3) is 10.9 Å². The fourth-order valence-electron chi connectivity index (χ4n) is 1.26. The number of ether oxygens (including phenoxy) is 1. The third kappa shape index (κ3) is 2.41. The van der Waals surface area contributed by atoms with E-state index >= 15 is 0 Å². The van der Waals surface area contributed by atoms with Gasteiger partial charge in [-0.1, -0.05) is 13.8 Å². The molecule has 0 fully saturated rings. The van der Waals surface area contributed by atoms with Crippen molar-refractivity contribution in [2.24, 2.45) is 5.92 Å². The van der Waals surface area contributed by atoms with Gasteiger partial charge in [0.05, 0.1) is 12.7 Å². The van der Waals surface area contributed by atoms with Crippen LogP contribution in [0.15, 0.2) is 9.59 Å². The van der Waals surface area contributed by atoms with Gasteiger partial charge in [-0.2, -0.15) is 0 Å². The molecule has 0 spiro atoms. The zero-order valence-corrected chi connectivity index (χ0v) is 9.74. The summed E-state index contributed by atoms with van der Waals surface area (Å²) in [7, 11) is 0. The molecule has 0 aliphatic rings. The lowest BCUT2D eigenvalue weighted by atomic mass is 10.1. The number of aliphatic hydroxyl groups excluding tert-OH is 1. The summed E-state index contributed by atoms with van der Waals surface area (Å²) in [6.07, 6.45) is -0.557. The normalized spacial score (nSPS) is 13.1. The summed E-state index contributed by atoms with van der Waals surface area (Å²) in [4.78, 5) is 22.3. The molecule has 5 nitrogen and oxygen atoms in total. The summed E-state index contributed by atoms with van der Waals surface area (Å²) in [5.41, 5.74) is -0.977. The second-order valence-electron chi connectivity index (χ2n) is 3.99. The topological polar surface area (TPSA) is 75.6 Å². The molecule has 0 saturated carbocycles. The zero-order valence-electron chi connectivity index (χ0n) is 9.74. The minimum atomic E-state index is -0.594. The molecule has 0 heterocycles. The molecule has 0 bridgehead atoms. The van der Waals surface area contributed by atoms with E-state index in [-0.39, 0.29) is 23.9 Å². The van der Waals surface area contributed by atoms with Crippen LogP contribution in [0.3, 0.4) is 0 Å². The maximum absolute atomic E-state index is 11.2. The average Bonchev–Trinajstić information content (AvgIpc) is 2.26. The van der Waals surface area contributed by atoms with Gasteiger partial charge in [0.2, 0.25) is 0 Å². The van der Waals surface area contributed by atoms with Crippen LogP contribution in [0.1, 0.15) is 20.8 Å². The van der Waals surface area contributed by atoms with Crippen LogP contribution in [0, 0.1) is 5.92 Å². The van der Waals surface area contributed by atoms with Crippen molar-refractivity contribution in [2.75, 3.05) is 18.5 Å². The van der Waals surface area contributed by atoms with Crippen LogP contribution in [-0.4, -0.2) is 24.4 Å². The van der Waals surface area contributed by atoms with Gasteiger partial charge in [-0.3, -0.25) is 9.59 Å². The number of rotatable bonds is 6. The van der Waals surface area contributed by atoms with Gasteiger partial charge in [-0.15, -0.1) is 0 Å². The monoisotopic (exact) mass is 227 g/mol. The first kappa shape index (κ1) is 12.7. The Balaban J connectivity index is 2.64. The Morgan fingerprint density at radius 3 is 2.44 bits per heavy atom. The lowest BCUT2D eigenvalue weighted by Gasteiger charge is -2.18. The second kappa shape index (κ2) is 5.12. The van der Waals surface area contributed by atoms with Crippen molar-refractivity contribution in [2.45, 2.75) is 26.9 Å². The highest BCUT2D eigenvalue weighted by molar-refractivity contribution is 5.61. The molecular formula is C11H17NO4. The van der Waals surface area contributed by atoms with E-state index in [2.05, 4.69) is 5.32 Å². The summed E-state index contributed by atoms with van der Waals surface area (Å²) in [6.45, 7) is 6.06. The van der Waals surface area contributed by atoms with Crippen LogP contribution in [0.5, 0.6) is 5.75 Å². The molecule has 1 atom stereocenters. The molecular weight excluding hydrogens is 210 g/mol. The molecule has 2 N–H and O–H groups in total. The van der Waals surface area contributed by atoms with Crippen LogP contribution in [-0.2, 0) is 0 Å². The largest absolute Gasteiger partial charge is 0.488 e. The average molecular weight is 227 g/mol. The number of anilines is 1. The second-order valence-corrected chi connectivity index (χ2v) is 3.99. The lowest BCUT2D eigenvalue weighted by Crippen LogP contribution is -2.38. The SMILES string of the molecule is CCOc1c(NCC(O)C(C)C)c(=O)c1=O. The Kier molecular flexibility index (Phi) is 4.06. The predicted molar refractivity (Wildman–Crippen MR) is 61.9 cm³/mol. The standard InChI is InChI=1S/C11H17NO4/c1-4-16-11-8(9(14)10(11)15)12-5-7(13)6(2)3/h6-7,12-13H,4-5H2,1-3H3. The van der Waals surface area contributed by atoms with Crippen molar-refractivity contribution in [1.29, 1.82) is 0 Å². The van der Waals surface area contributed by atoms with E-state index in [0.717, 1.165) is 0 Å². The third-order valence-electron chi connectivity index (χ3n) is 2.41. The van der Waals surface area contributed by atoms with Crippen LogP contribution in [0.4, 0.5) is 5.69 Å². The Morgan fingerprint density at radius 1 is 1.31 bits per heavy atom. The molecule has 1 aromatic rings. The highest BCUT2D eigenvalue weighted by atomic mass is 16.5. The molecule has 0 aliphatic carbocycles. The maximum atomic E-state index is 11.2. The molecule has 0 amide bonds. The summed E-state index contributed by atoms with van der Waals surface area (Å²) < 4.78 is 5.03. The first-order chi connectivity index (χ1) is 7.49. The summed E-state index contributed by atoms with van der Waals surface area (Å²) in [5, 5.41) is 12.3. The van der Waals surface area contributed by atoms with Crippen LogP contribution in [0.2, 0.25) is 0 Å². The van der Waals surface area contributed by atoms with Gasteiger partial charge in [0.1, 0.15) is 5.69 Å². The van der Waals surface area contributed by atoms with Gasteiger partial charge in [0, 0.05) is 6.54 Å². The van der Waals surface area contributed by atoms with E-state index < -0.39 is 17.0 Å². The van der Waals surface area contributed by atoms with E-state index in [4.69, 9.17) is 4.74 Å². The molecule has 90 valence electrons. The zero-order chi connectivity index (χ0) is 12.3. The van der Waals surface area contributed by atoms with Crippen LogP contribution < -0.4 is 20.9 Å². The summed E-state index contributed by atoms with van der Waals surface area (Å²) >= 11 is 0. The minimum absolute atomic E-state index is 0.0865. The fourth-order valence-corrected chi connectivity index (χ4v) is 1.26. The van der Waals surface area contributed by atoms with Crippen molar-refractivity contribution in [3.63, 3.8) is 0 Å². The Bertz CT molecular complexity index is 418. The van der Waals surface area contributed by atoms with E-state index in [1.54, 1.807) is 6.92 Å². The van der Waals surface area contributed by atoms with Gasteiger partial charge in [-0.05, 0) is 12.8 Å². The van der Waals surface area contributed by atoms with Gasteiger partial charge in [-0.25, -0.2) is 0 Å². The van der Waals surface area contributed by atoms with E-state index in [1.165, 1.54) is 0 Å². The van der Waals surface area contributed by atoms with Crippen molar-refractivity contribution < 1.29 is 9.84 Å². The number of hydrogen-bond acceptors (Lipinski definition) is 5. The molecule has 0 saturated heterocycles. The first-order valence-electron chi connectivity index (χ1n) is 5.37. The minimum Gasteiger partial charge on any atom is -0.488 e. The molecule has 1 rings (SSSR count). The highest BCUT2D eigenvalue weighted by Gasteiger charge is 2.22. The maximum Gasteiger partial charge on any atom is 0.272 e. The van der Waals surface area contributed by atoms with Crippen molar-refractivity contribution in [1.82, 2.24) is 0 Å². The van der Waals surface area contributed by atoms with Gasteiger partial charge in [0.15, 0.2) is 5.75 Å².